The minimum absolute atomic E-state index is 0.133. The highest BCUT2D eigenvalue weighted by Gasteiger charge is 2.29. The van der Waals surface area contributed by atoms with Crippen molar-refractivity contribution in [1.82, 2.24) is 5.32 Å². The molecule has 8 heteroatoms. The maximum absolute atomic E-state index is 12.5. The van der Waals surface area contributed by atoms with E-state index in [1.807, 2.05) is 5.32 Å². The van der Waals surface area contributed by atoms with Gasteiger partial charge in [-0.15, -0.1) is 0 Å². The van der Waals surface area contributed by atoms with Gasteiger partial charge in [0.25, 0.3) is 5.92 Å². The fourth-order valence-corrected chi connectivity index (χ4v) is 0.813. The van der Waals surface area contributed by atoms with E-state index in [0.29, 0.717) is 0 Å². The third-order valence-corrected chi connectivity index (χ3v) is 1.76. The van der Waals surface area contributed by atoms with Crippen LogP contribution in [0.25, 0.3) is 0 Å². The smallest absolute Gasteiger partial charge is 0.303 e. The minimum atomic E-state index is -3.40. The molecule has 6 nitrogen and oxygen atoms in total. The van der Waals surface area contributed by atoms with Crippen LogP contribution in [0.2, 0.25) is 0 Å². The molecule has 0 heterocycles. The fourth-order valence-electron chi connectivity index (χ4n) is 0.813. The van der Waals surface area contributed by atoms with Gasteiger partial charge in [0.1, 0.15) is 6.61 Å². The van der Waals surface area contributed by atoms with Crippen LogP contribution in [0.15, 0.2) is 0 Å². The van der Waals surface area contributed by atoms with E-state index in [1.54, 1.807) is 0 Å². The van der Waals surface area contributed by atoms with Gasteiger partial charge >= 0.3 is 5.97 Å². The molecule has 0 rings (SSSR count). The van der Waals surface area contributed by atoms with E-state index in [-0.39, 0.29) is 12.8 Å². The number of alkyl halides is 2. The van der Waals surface area contributed by atoms with Gasteiger partial charge < -0.3 is 21.3 Å². The van der Waals surface area contributed by atoms with Gasteiger partial charge in [-0.1, -0.05) is 0 Å². The average molecular weight is 240 g/mol. The van der Waals surface area contributed by atoms with Gasteiger partial charge in [-0.3, -0.25) is 9.59 Å². The van der Waals surface area contributed by atoms with Gasteiger partial charge in [-0.25, -0.2) is 8.78 Å². The third-order valence-electron chi connectivity index (χ3n) is 1.76. The summed E-state index contributed by atoms with van der Waals surface area (Å²) in [5.41, 5.74) is 5.25. The van der Waals surface area contributed by atoms with E-state index < -0.39 is 37.0 Å². The van der Waals surface area contributed by atoms with Gasteiger partial charge in [0.05, 0.1) is 12.6 Å². The first-order valence-corrected chi connectivity index (χ1v) is 4.52. The van der Waals surface area contributed by atoms with Crippen LogP contribution >= 0.6 is 0 Å². The van der Waals surface area contributed by atoms with Gasteiger partial charge in [-0.2, -0.15) is 0 Å². The monoisotopic (exact) mass is 240 g/mol. The Labute approximate surface area is 90.4 Å². The Morgan fingerprint density at radius 2 is 2.00 bits per heavy atom. The number of halogens is 2. The second-order valence-electron chi connectivity index (χ2n) is 3.27. The van der Waals surface area contributed by atoms with Crippen LogP contribution in [0.4, 0.5) is 8.78 Å². The Kier molecular flexibility index (Phi) is 5.83. The Balaban J connectivity index is 3.92. The maximum Gasteiger partial charge on any atom is 0.303 e. The van der Waals surface area contributed by atoms with E-state index in [0.717, 1.165) is 0 Å². The summed E-state index contributed by atoms with van der Waals surface area (Å²) in [6, 6.07) is -1.15. The summed E-state index contributed by atoms with van der Waals surface area (Å²) < 4.78 is 25.0. The number of carboxylic acids is 1. The fraction of sp³-hybridized carbons (Fsp3) is 0.750. The van der Waals surface area contributed by atoms with E-state index in [1.165, 1.54) is 0 Å². The van der Waals surface area contributed by atoms with Crippen molar-refractivity contribution >= 4 is 11.9 Å². The molecule has 1 amide bonds. The van der Waals surface area contributed by atoms with Crippen LogP contribution < -0.4 is 11.1 Å². The summed E-state index contributed by atoms with van der Waals surface area (Å²) in [5, 5.41) is 18.3. The van der Waals surface area contributed by atoms with Crippen molar-refractivity contribution < 1.29 is 28.6 Å². The number of carboxylic acid groups (broad SMARTS) is 1. The number of carbonyl (C=O) groups is 2. The number of aliphatic hydroxyl groups is 1. The lowest BCUT2D eigenvalue weighted by atomic mass is 10.1. The number of rotatable bonds is 7. The molecule has 0 aromatic carbocycles. The van der Waals surface area contributed by atoms with Gasteiger partial charge in [0.15, 0.2) is 0 Å². The molecular weight excluding hydrogens is 226 g/mol. The Morgan fingerprint density at radius 3 is 2.44 bits per heavy atom. The molecule has 0 radical (unpaired) electrons. The van der Waals surface area contributed by atoms with E-state index in [4.69, 9.17) is 15.9 Å². The van der Waals surface area contributed by atoms with Crippen molar-refractivity contribution in [2.75, 3.05) is 13.2 Å². The molecular formula is C8H14F2N2O4. The van der Waals surface area contributed by atoms with Gasteiger partial charge in [0.2, 0.25) is 5.91 Å². The summed E-state index contributed by atoms with van der Waals surface area (Å²) in [7, 11) is 0. The van der Waals surface area contributed by atoms with Gasteiger partial charge in [-0.05, 0) is 6.42 Å². The Morgan fingerprint density at radius 1 is 1.44 bits per heavy atom. The molecule has 5 N–H and O–H groups in total. The zero-order chi connectivity index (χ0) is 12.8. The molecule has 1 atom stereocenters. The SMILES string of the molecule is NC(CCC(=O)O)C(=O)NCC(F)(F)CO. The molecule has 0 saturated heterocycles. The zero-order valence-corrected chi connectivity index (χ0v) is 8.45. The van der Waals surface area contributed by atoms with Crippen LogP contribution in [0.1, 0.15) is 12.8 Å². The molecule has 0 aliphatic carbocycles. The minimum Gasteiger partial charge on any atom is -0.481 e. The zero-order valence-electron chi connectivity index (χ0n) is 8.45. The number of nitrogens with one attached hydrogen (secondary N) is 1. The normalized spacial score (nSPS) is 13.2. The number of aliphatic carboxylic acids is 1. The van der Waals surface area contributed by atoms with Crippen LogP contribution in [0.5, 0.6) is 0 Å². The number of hydrogen-bond donors (Lipinski definition) is 4. The van der Waals surface area contributed by atoms with E-state index >= 15 is 0 Å². The molecule has 0 aliphatic heterocycles. The van der Waals surface area contributed by atoms with Crippen molar-refractivity contribution in [3.8, 4) is 0 Å². The lowest BCUT2D eigenvalue weighted by Gasteiger charge is -2.16. The Bertz CT molecular complexity index is 260. The summed E-state index contributed by atoms with van der Waals surface area (Å²) in [6.45, 7) is -2.40. The molecule has 0 saturated carbocycles. The number of hydrogen-bond acceptors (Lipinski definition) is 4. The lowest BCUT2D eigenvalue weighted by molar-refractivity contribution is -0.137. The lowest BCUT2D eigenvalue weighted by Crippen LogP contribution is -2.46. The Hall–Kier alpha value is -1.28. The maximum atomic E-state index is 12.5. The van der Waals surface area contributed by atoms with Crippen LogP contribution in [0, 0.1) is 0 Å². The van der Waals surface area contributed by atoms with Crippen molar-refractivity contribution in [3.05, 3.63) is 0 Å². The number of aliphatic hydroxyl groups excluding tert-OH is 1. The van der Waals surface area contributed by atoms with Crippen LogP contribution in [-0.2, 0) is 9.59 Å². The van der Waals surface area contributed by atoms with E-state index in [2.05, 4.69) is 0 Å². The first-order chi connectivity index (χ1) is 7.28. The summed E-state index contributed by atoms with van der Waals surface area (Å²) in [6.07, 6.45) is -0.448. The molecule has 0 fully saturated rings. The average Bonchev–Trinajstić information content (AvgIpc) is 2.22. The summed E-state index contributed by atoms with van der Waals surface area (Å²) >= 11 is 0. The highest BCUT2D eigenvalue weighted by Crippen LogP contribution is 2.09. The second kappa shape index (κ2) is 6.33. The molecule has 0 aromatic rings. The number of carbonyl (C=O) groups excluding carboxylic acids is 1. The predicted molar refractivity (Wildman–Crippen MR) is 49.9 cm³/mol. The largest absolute Gasteiger partial charge is 0.481 e. The highest BCUT2D eigenvalue weighted by atomic mass is 19.3. The molecule has 16 heavy (non-hydrogen) atoms. The van der Waals surface area contributed by atoms with Crippen molar-refractivity contribution in [2.45, 2.75) is 24.8 Å². The third kappa shape index (κ3) is 6.25. The molecule has 94 valence electrons. The second-order valence-corrected chi connectivity index (χ2v) is 3.27. The molecule has 0 aromatic heterocycles. The molecule has 0 spiro atoms. The van der Waals surface area contributed by atoms with Gasteiger partial charge in [0, 0.05) is 6.42 Å². The van der Waals surface area contributed by atoms with Crippen LogP contribution in [-0.4, -0.2) is 47.2 Å². The quantitative estimate of drug-likeness (QED) is 0.452. The van der Waals surface area contributed by atoms with Crippen LogP contribution in [0.3, 0.4) is 0 Å². The first-order valence-electron chi connectivity index (χ1n) is 4.52. The topological polar surface area (TPSA) is 113 Å². The highest BCUT2D eigenvalue weighted by molar-refractivity contribution is 5.82. The van der Waals surface area contributed by atoms with Crippen molar-refractivity contribution in [1.29, 1.82) is 0 Å². The first kappa shape index (κ1) is 14.7. The molecule has 0 aliphatic rings. The molecule has 1 unspecified atom stereocenters. The number of amides is 1. The summed E-state index contributed by atoms with van der Waals surface area (Å²) in [5.74, 6) is -5.39. The van der Waals surface area contributed by atoms with E-state index in [9.17, 15) is 18.4 Å². The molecule has 0 bridgehead atoms. The summed E-state index contributed by atoms with van der Waals surface area (Å²) in [4.78, 5) is 21.2. The predicted octanol–water partition coefficient (Wildman–Crippen LogP) is -1.08. The van der Waals surface area contributed by atoms with Crippen molar-refractivity contribution in [2.24, 2.45) is 5.73 Å². The van der Waals surface area contributed by atoms with Crippen molar-refractivity contribution in [3.63, 3.8) is 0 Å². The standard InChI is InChI=1S/C8H14F2N2O4/c9-8(10,4-13)3-12-7(16)5(11)1-2-6(14)15/h5,13H,1-4,11H2,(H,12,16)(H,14,15). The number of nitrogens with two attached hydrogens (primary N) is 1.